The van der Waals surface area contributed by atoms with Crippen LogP contribution in [0.5, 0.6) is 11.5 Å². The molecule has 1 aliphatic heterocycles. The molecule has 0 saturated carbocycles. The Balaban J connectivity index is 1.23. The molecule has 0 unspecified atom stereocenters. The molecule has 0 spiro atoms. The first kappa shape index (κ1) is 37.7. The number of aryl methyl sites for hydroxylation is 2. The van der Waals surface area contributed by atoms with Crippen molar-refractivity contribution in [3.05, 3.63) is 77.7 Å². The summed E-state index contributed by atoms with van der Waals surface area (Å²) in [5, 5.41) is 13.7. The van der Waals surface area contributed by atoms with E-state index in [9.17, 15) is 22.8 Å². The van der Waals surface area contributed by atoms with E-state index in [0.717, 1.165) is 30.9 Å². The van der Waals surface area contributed by atoms with Crippen LogP contribution >= 0.6 is 0 Å². The van der Waals surface area contributed by atoms with E-state index in [0.29, 0.717) is 69.0 Å². The van der Waals surface area contributed by atoms with Crippen molar-refractivity contribution in [3.8, 4) is 11.5 Å². The quantitative estimate of drug-likeness (QED) is 0.114. The number of carbonyl (C=O) groups is 2. The summed E-state index contributed by atoms with van der Waals surface area (Å²) in [6.07, 6.45) is 0.819. The zero-order chi connectivity index (χ0) is 36.1. The Hall–Kier alpha value is -5.08. The normalized spacial score (nSPS) is 13.6. The number of nitrogens with one attached hydrogen (secondary N) is 3. The molecule has 0 aliphatic carbocycles. The number of halogens is 3. The van der Waals surface area contributed by atoms with Crippen LogP contribution in [0.25, 0.3) is 0 Å². The van der Waals surface area contributed by atoms with Crippen LogP contribution in [0.1, 0.15) is 64.0 Å². The molecule has 0 fully saturated rings. The molecular formula is C35H44F3N7O5. The molecule has 3 N–H and O–H groups in total. The number of aliphatic imine (C=N–C) groups is 1. The highest BCUT2D eigenvalue weighted by molar-refractivity contribution is 6.04. The van der Waals surface area contributed by atoms with Crippen molar-refractivity contribution >= 4 is 23.7 Å². The number of alkyl carbamates (subject to hydrolysis) is 1. The van der Waals surface area contributed by atoms with Crippen LogP contribution in [0.15, 0.2) is 70.9 Å². The van der Waals surface area contributed by atoms with Crippen LogP contribution in [-0.4, -0.2) is 70.9 Å². The van der Waals surface area contributed by atoms with Crippen LogP contribution in [0, 0.1) is 5.41 Å². The van der Waals surface area contributed by atoms with Gasteiger partial charge in [0.2, 0.25) is 5.62 Å². The van der Waals surface area contributed by atoms with Crippen molar-refractivity contribution in [1.82, 2.24) is 19.8 Å². The van der Waals surface area contributed by atoms with E-state index in [1.807, 2.05) is 24.3 Å². The molecule has 50 heavy (non-hydrogen) atoms. The Morgan fingerprint density at radius 3 is 1.96 bits per heavy atom. The Labute approximate surface area is 288 Å². The number of ether oxygens (including phenoxy) is 3. The van der Waals surface area contributed by atoms with Crippen molar-refractivity contribution in [2.75, 3.05) is 26.3 Å². The summed E-state index contributed by atoms with van der Waals surface area (Å²) < 4.78 is 59.2. The largest absolute Gasteiger partial charge is 0.494 e. The van der Waals surface area contributed by atoms with Gasteiger partial charge in [-0.15, -0.1) is 0 Å². The third kappa shape index (κ3) is 12.1. The molecule has 0 radical (unpaired) electrons. The first-order valence-electron chi connectivity index (χ1n) is 16.5. The van der Waals surface area contributed by atoms with Gasteiger partial charge >= 0.3 is 18.2 Å². The highest BCUT2D eigenvalue weighted by atomic mass is 19.4. The average Bonchev–Trinajstić information content (AvgIpc) is 3.44. The van der Waals surface area contributed by atoms with E-state index < -0.39 is 23.8 Å². The number of nitrogens with zero attached hydrogens (tertiary/aromatic N) is 4. The molecule has 0 saturated heterocycles. The van der Waals surface area contributed by atoms with Crippen LogP contribution in [0.3, 0.4) is 0 Å². The standard InChI is InChI=1S/C35H44F3N7O5/c1-34(2,3)50-33(47)42-29(39)25-9-13-27(14-10-25)48-23-6-4-19-44-21-22-45(32(44)43-31(46)35(36,37)38)20-5-7-24-49-28-15-11-26(12-16-28)30-40-17-8-18-41-30/h9-16,21-22H,4-8,17-20,23-24H2,1-3H3,(H,40,41)(H2,39,42,47). The Morgan fingerprint density at radius 1 is 0.900 bits per heavy atom. The molecule has 1 aromatic heterocycles. The van der Waals surface area contributed by atoms with Crippen LogP contribution in [0.2, 0.25) is 0 Å². The van der Waals surface area contributed by atoms with Crippen LogP contribution in [0.4, 0.5) is 18.0 Å². The minimum absolute atomic E-state index is 0.0676. The fraction of sp³-hybridized carbons (Fsp3) is 0.457. The third-order valence-electron chi connectivity index (χ3n) is 7.30. The molecular weight excluding hydrogens is 655 g/mol. The summed E-state index contributed by atoms with van der Waals surface area (Å²) in [5.41, 5.74) is 0.710. The molecule has 0 atom stereocenters. The molecule has 1 aliphatic rings. The fourth-order valence-corrected chi connectivity index (χ4v) is 4.87. The van der Waals surface area contributed by atoms with E-state index in [1.165, 1.54) is 4.57 Å². The van der Waals surface area contributed by atoms with E-state index >= 15 is 0 Å². The van der Waals surface area contributed by atoms with E-state index in [1.54, 1.807) is 62.0 Å². The second-order valence-corrected chi connectivity index (χ2v) is 12.6. The number of imidazole rings is 1. The molecule has 2 aromatic carbocycles. The molecule has 4 rings (SSSR count). The predicted octanol–water partition coefficient (Wildman–Crippen LogP) is 5.59. The molecule has 15 heteroatoms. The van der Waals surface area contributed by atoms with Crippen molar-refractivity contribution in [2.24, 2.45) is 9.98 Å². The summed E-state index contributed by atoms with van der Waals surface area (Å²) >= 11 is 0. The lowest BCUT2D eigenvalue weighted by Gasteiger charge is -2.19. The fourth-order valence-electron chi connectivity index (χ4n) is 4.87. The van der Waals surface area contributed by atoms with E-state index in [-0.39, 0.29) is 11.5 Å². The summed E-state index contributed by atoms with van der Waals surface area (Å²) in [7, 11) is 0. The highest BCUT2D eigenvalue weighted by Gasteiger charge is 2.38. The monoisotopic (exact) mass is 699 g/mol. The van der Waals surface area contributed by atoms with Gasteiger partial charge in [-0.3, -0.25) is 20.5 Å². The van der Waals surface area contributed by atoms with Gasteiger partial charge in [0.1, 0.15) is 28.8 Å². The van der Waals surface area contributed by atoms with Crippen LogP contribution < -0.4 is 25.7 Å². The number of carbonyl (C=O) groups excluding carboxylic acids is 2. The van der Waals surface area contributed by atoms with Gasteiger partial charge in [0.05, 0.1) is 13.2 Å². The highest BCUT2D eigenvalue weighted by Crippen LogP contribution is 2.17. The van der Waals surface area contributed by atoms with Crippen molar-refractivity contribution < 1.29 is 37.0 Å². The van der Waals surface area contributed by atoms with Gasteiger partial charge in [-0.05, 0) is 101 Å². The Morgan fingerprint density at radius 2 is 1.46 bits per heavy atom. The second-order valence-electron chi connectivity index (χ2n) is 12.6. The number of rotatable bonds is 14. The summed E-state index contributed by atoms with van der Waals surface area (Å²) in [6, 6.07) is 14.3. The SMILES string of the molecule is CC(C)(C)OC(=O)NC(=N)c1ccc(OCCCCn2ccn(CCCCOc3ccc(C4=NCCCN4)cc3)c2=NC(=O)C(F)(F)F)cc1. The number of unbranched alkanes of at least 4 members (excludes halogenated alkanes) is 2. The molecule has 3 aromatic rings. The van der Waals surface area contributed by atoms with Crippen LogP contribution in [-0.2, 0) is 22.6 Å². The number of benzene rings is 2. The lowest BCUT2D eigenvalue weighted by atomic mass is 10.2. The maximum absolute atomic E-state index is 13.1. The lowest BCUT2D eigenvalue weighted by Crippen LogP contribution is -2.36. The number of amidine groups is 2. The van der Waals surface area contributed by atoms with Crippen molar-refractivity contribution in [3.63, 3.8) is 0 Å². The first-order valence-corrected chi connectivity index (χ1v) is 16.5. The Kier molecular flexibility index (Phi) is 13.2. The molecule has 2 amide bonds. The van der Waals surface area contributed by atoms with Gasteiger partial charge in [0, 0.05) is 49.7 Å². The van der Waals surface area contributed by atoms with Gasteiger partial charge in [-0.2, -0.15) is 18.2 Å². The van der Waals surface area contributed by atoms with Gasteiger partial charge in [0.15, 0.2) is 0 Å². The minimum atomic E-state index is -5.08. The molecule has 0 bridgehead atoms. The minimum Gasteiger partial charge on any atom is -0.494 e. The average molecular weight is 700 g/mol. The van der Waals surface area contributed by atoms with Gasteiger partial charge < -0.3 is 28.7 Å². The van der Waals surface area contributed by atoms with Gasteiger partial charge in [-0.1, -0.05) is 0 Å². The zero-order valence-corrected chi connectivity index (χ0v) is 28.5. The summed E-state index contributed by atoms with van der Waals surface area (Å²) in [4.78, 5) is 31.6. The topological polar surface area (TPSA) is 144 Å². The number of hydrogen-bond donors (Lipinski definition) is 3. The molecule has 270 valence electrons. The zero-order valence-electron chi connectivity index (χ0n) is 28.5. The van der Waals surface area contributed by atoms with E-state index in [4.69, 9.17) is 19.6 Å². The Bertz CT molecular complexity index is 1690. The van der Waals surface area contributed by atoms with Crippen molar-refractivity contribution in [1.29, 1.82) is 5.41 Å². The maximum Gasteiger partial charge on any atom is 0.473 e. The predicted molar refractivity (Wildman–Crippen MR) is 182 cm³/mol. The molecule has 12 nitrogen and oxygen atoms in total. The number of aromatic nitrogens is 2. The summed E-state index contributed by atoms with van der Waals surface area (Å²) in [6.45, 7) is 8.33. The maximum atomic E-state index is 13.1. The third-order valence-corrected chi connectivity index (χ3v) is 7.30. The number of hydrogen-bond acceptors (Lipinski definition) is 8. The number of amides is 2. The second kappa shape index (κ2) is 17.5. The van der Waals surface area contributed by atoms with Crippen molar-refractivity contribution in [2.45, 2.75) is 77.7 Å². The first-order chi connectivity index (χ1) is 23.8. The van der Waals surface area contributed by atoms with E-state index in [2.05, 4.69) is 20.6 Å². The van der Waals surface area contributed by atoms with Gasteiger partial charge in [-0.25, -0.2) is 4.79 Å². The lowest BCUT2D eigenvalue weighted by molar-refractivity contribution is -0.169. The van der Waals surface area contributed by atoms with Gasteiger partial charge in [0.25, 0.3) is 0 Å². The molecule has 2 heterocycles. The number of alkyl halides is 3. The summed E-state index contributed by atoms with van der Waals surface area (Å²) in [5.74, 6) is -0.129. The smallest absolute Gasteiger partial charge is 0.473 e.